The number of rotatable bonds is 2. The van der Waals surface area contributed by atoms with Crippen molar-refractivity contribution >= 4 is 39.1 Å². The molecule has 0 aliphatic carbocycles. The van der Waals surface area contributed by atoms with E-state index >= 15 is 0 Å². The summed E-state index contributed by atoms with van der Waals surface area (Å²) < 4.78 is 14.1. The van der Waals surface area contributed by atoms with Crippen molar-refractivity contribution in [2.24, 2.45) is 0 Å². The Kier molecular flexibility index (Phi) is 4.22. The van der Waals surface area contributed by atoms with Gasteiger partial charge in [0, 0.05) is 10.0 Å². The van der Waals surface area contributed by atoms with Crippen LogP contribution in [0.15, 0.2) is 40.9 Å². The van der Waals surface area contributed by atoms with Crippen LogP contribution < -0.4 is 5.32 Å². The van der Waals surface area contributed by atoms with Gasteiger partial charge < -0.3 is 5.32 Å². The highest BCUT2D eigenvalue weighted by Crippen LogP contribution is 2.26. The Bertz CT molecular complexity index is 625. The summed E-state index contributed by atoms with van der Waals surface area (Å²) in [4.78, 5) is 12.0. The maximum Gasteiger partial charge on any atom is 0.255 e. The second kappa shape index (κ2) is 5.72. The second-order valence-electron chi connectivity index (χ2n) is 4.10. The molecule has 0 bridgehead atoms. The monoisotopic (exact) mass is 341 g/mol. The van der Waals surface area contributed by atoms with E-state index in [0.717, 1.165) is 4.47 Å². The molecular formula is C14H10BrClFNO. The molecule has 0 aromatic heterocycles. The molecule has 2 rings (SSSR count). The lowest BCUT2D eigenvalue weighted by atomic mass is 10.1. The molecule has 0 saturated heterocycles. The second-order valence-corrected chi connectivity index (χ2v) is 5.42. The van der Waals surface area contributed by atoms with Gasteiger partial charge in [-0.2, -0.15) is 0 Å². The zero-order chi connectivity index (χ0) is 14.0. The van der Waals surface area contributed by atoms with Gasteiger partial charge in [-0.1, -0.05) is 27.5 Å². The van der Waals surface area contributed by atoms with Crippen LogP contribution in [-0.4, -0.2) is 5.91 Å². The van der Waals surface area contributed by atoms with Gasteiger partial charge in [0.05, 0.1) is 10.7 Å². The number of benzene rings is 2. The summed E-state index contributed by atoms with van der Waals surface area (Å²) in [6.07, 6.45) is 0. The first-order valence-electron chi connectivity index (χ1n) is 5.49. The molecule has 98 valence electrons. The normalized spacial score (nSPS) is 10.3. The Hall–Kier alpha value is -1.39. The summed E-state index contributed by atoms with van der Waals surface area (Å²) in [6, 6.07) is 9.29. The van der Waals surface area contributed by atoms with E-state index < -0.39 is 11.7 Å². The van der Waals surface area contributed by atoms with Crippen molar-refractivity contribution in [2.75, 3.05) is 5.32 Å². The third kappa shape index (κ3) is 3.55. The Morgan fingerprint density at radius 1 is 1.26 bits per heavy atom. The van der Waals surface area contributed by atoms with Gasteiger partial charge in [0.25, 0.3) is 5.91 Å². The molecule has 0 aliphatic heterocycles. The maximum atomic E-state index is 13.3. The molecule has 0 atom stereocenters. The molecule has 2 aromatic carbocycles. The fraction of sp³-hybridized carbons (Fsp3) is 0.0714. The molecule has 19 heavy (non-hydrogen) atoms. The van der Waals surface area contributed by atoms with Gasteiger partial charge >= 0.3 is 0 Å². The van der Waals surface area contributed by atoms with Crippen molar-refractivity contribution in [1.29, 1.82) is 0 Å². The van der Waals surface area contributed by atoms with Gasteiger partial charge in [0.15, 0.2) is 0 Å². The third-order valence-electron chi connectivity index (χ3n) is 2.48. The lowest BCUT2D eigenvalue weighted by Crippen LogP contribution is -2.12. The van der Waals surface area contributed by atoms with Crippen molar-refractivity contribution in [3.8, 4) is 0 Å². The van der Waals surface area contributed by atoms with Gasteiger partial charge in [-0.05, 0) is 48.9 Å². The van der Waals surface area contributed by atoms with Crippen LogP contribution in [0.5, 0.6) is 0 Å². The fourth-order valence-corrected chi connectivity index (χ4v) is 2.18. The zero-order valence-corrected chi connectivity index (χ0v) is 12.3. The Balaban J connectivity index is 2.28. The lowest BCUT2D eigenvalue weighted by molar-refractivity contribution is 0.102. The highest BCUT2D eigenvalue weighted by atomic mass is 79.9. The SMILES string of the molecule is Cc1cc(F)cc(C(=O)Nc2cc(Br)ccc2Cl)c1. The first kappa shape index (κ1) is 14.0. The number of halogens is 3. The first-order valence-corrected chi connectivity index (χ1v) is 6.66. The molecule has 5 heteroatoms. The average Bonchev–Trinajstić information content (AvgIpc) is 2.32. The van der Waals surface area contributed by atoms with Crippen molar-refractivity contribution < 1.29 is 9.18 Å². The minimum atomic E-state index is -0.439. The van der Waals surface area contributed by atoms with E-state index in [2.05, 4.69) is 21.2 Å². The molecule has 1 amide bonds. The van der Waals surface area contributed by atoms with Crippen LogP contribution in [0.4, 0.5) is 10.1 Å². The lowest BCUT2D eigenvalue weighted by Gasteiger charge is -2.08. The quantitative estimate of drug-likeness (QED) is 0.834. The summed E-state index contributed by atoms with van der Waals surface area (Å²) in [5.41, 5.74) is 1.42. The van der Waals surface area contributed by atoms with E-state index in [1.165, 1.54) is 12.1 Å². The standard InChI is InChI=1S/C14H10BrClFNO/c1-8-4-9(6-11(17)5-8)14(19)18-13-7-10(15)2-3-12(13)16/h2-7H,1H3,(H,18,19). The van der Waals surface area contributed by atoms with Crippen LogP contribution in [0.25, 0.3) is 0 Å². The number of hydrogen-bond donors (Lipinski definition) is 1. The van der Waals surface area contributed by atoms with Gasteiger partial charge in [0.1, 0.15) is 5.82 Å². The van der Waals surface area contributed by atoms with E-state index in [4.69, 9.17) is 11.6 Å². The largest absolute Gasteiger partial charge is 0.321 e. The number of carbonyl (C=O) groups is 1. The molecule has 2 nitrogen and oxygen atoms in total. The van der Waals surface area contributed by atoms with Gasteiger partial charge in [0.2, 0.25) is 0 Å². The Morgan fingerprint density at radius 2 is 2.00 bits per heavy atom. The Labute approximate surface area is 123 Å². The topological polar surface area (TPSA) is 29.1 Å². The van der Waals surface area contributed by atoms with E-state index in [9.17, 15) is 9.18 Å². The van der Waals surface area contributed by atoms with Gasteiger partial charge in [-0.25, -0.2) is 4.39 Å². The van der Waals surface area contributed by atoms with Crippen molar-refractivity contribution in [2.45, 2.75) is 6.92 Å². The summed E-state index contributed by atoms with van der Waals surface area (Å²) in [6.45, 7) is 1.73. The van der Waals surface area contributed by atoms with E-state index in [-0.39, 0.29) is 5.56 Å². The molecule has 0 spiro atoms. The van der Waals surface area contributed by atoms with Gasteiger partial charge in [-0.15, -0.1) is 0 Å². The number of hydrogen-bond acceptors (Lipinski definition) is 1. The smallest absolute Gasteiger partial charge is 0.255 e. The summed E-state index contributed by atoms with van der Waals surface area (Å²) in [5, 5.41) is 3.08. The van der Waals surface area contributed by atoms with Crippen LogP contribution in [0, 0.1) is 12.7 Å². The summed E-state index contributed by atoms with van der Waals surface area (Å²) >= 11 is 9.28. The highest BCUT2D eigenvalue weighted by Gasteiger charge is 2.10. The van der Waals surface area contributed by atoms with Crippen LogP contribution in [0.3, 0.4) is 0 Å². The maximum absolute atomic E-state index is 13.3. The molecule has 0 fully saturated rings. The van der Waals surface area contributed by atoms with Crippen LogP contribution in [0.1, 0.15) is 15.9 Å². The van der Waals surface area contributed by atoms with Crippen molar-refractivity contribution in [3.05, 3.63) is 62.8 Å². The molecule has 2 aromatic rings. The van der Waals surface area contributed by atoms with E-state index in [1.807, 2.05) is 0 Å². The van der Waals surface area contributed by atoms with E-state index in [0.29, 0.717) is 16.3 Å². The molecule has 0 saturated carbocycles. The van der Waals surface area contributed by atoms with Gasteiger partial charge in [-0.3, -0.25) is 4.79 Å². The summed E-state index contributed by atoms with van der Waals surface area (Å²) in [5.74, 6) is -0.840. The van der Waals surface area contributed by atoms with Crippen molar-refractivity contribution in [1.82, 2.24) is 0 Å². The van der Waals surface area contributed by atoms with Crippen LogP contribution in [-0.2, 0) is 0 Å². The van der Waals surface area contributed by atoms with E-state index in [1.54, 1.807) is 31.2 Å². The van der Waals surface area contributed by atoms with Crippen LogP contribution >= 0.6 is 27.5 Å². The highest BCUT2D eigenvalue weighted by molar-refractivity contribution is 9.10. The number of amides is 1. The predicted octanol–water partition coefficient (Wildman–Crippen LogP) is 4.80. The summed E-state index contributed by atoms with van der Waals surface area (Å²) in [7, 11) is 0. The number of carbonyl (C=O) groups excluding carboxylic acids is 1. The van der Waals surface area contributed by atoms with Crippen LogP contribution in [0.2, 0.25) is 5.02 Å². The first-order chi connectivity index (χ1) is 8.95. The molecule has 1 N–H and O–H groups in total. The molecule has 0 unspecified atom stereocenters. The fourth-order valence-electron chi connectivity index (χ4n) is 1.66. The predicted molar refractivity (Wildman–Crippen MR) is 78.2 cm³/mol. The Morgan fingerprint density at radius 3 is 2.68 bits per heavy atom. The number of nitrogens with one attached hydrogen (secondary N) is 1. The number of anilines is 1. The minimum Gasteiger partial charge on any atom is -0.321 e. The van der Waals surface area contributed by atoms with Crippen molar-refractivity contribution in [3.63, 3.8) is 0 Å². The molecule has 0 heterocycles. The molecule has 0 aliphatic rings. The molecule has 0 radical (unpaired) electrons. The number of aryl methyl sites for hydroxylation is 1. The minimum absolute atomic E-state index is 0.258. The average molecular weight is 343 g/mol. The zero-order valence-electron chi connectivity index (χ0n) is 10.0. The third-order valence-corrected chi connectivity index (χ3v) is 3.30. The molecular weight excluding hydrogens is 333 g/mol.